The number of fused-ring (bicyclic) bond motifs is 1. The second-order valence-corrected chi connectivity index (χ2v) is 4.95. The molecule has 0 saturated heterocycles. The summed E-state index contributed by atoms with van der Waals surface area (Å²) in [5, 5.41) is 5.39. The van der Waals surface area contributed by atoms with Gasteiger partial charge in [0.15, 0.2) is 0 Å². The van der Waals surface area contributed by atoms with E-state index in [9.17, 15) is 14.4 Å². The van der Waals surface area contributed by atoms with Crippen molar-refractivity contribution in [2.24, 2.45) is 0 Å². The van der Waals surface area contributed by atoms with Gasteiger partial charge in [-0.25, -0.2) is 0 Å². The third-order valence-electron chi connectivity index (χ3n) is 3.24. The molecule has 1 heterocycles. The number of hydrogen-bond acceptors (Lipinski definition) is 5. The molecule has 0 saturated carbocycles. The number of nitrogens with zero attached hydrogens (tertiary/aromatic N) is 1. The molecule has 0 spiro atoms. The molecule has 7 heteroatoms. The van der Waals surface area contributed by atoms with E-state index in [4.69, 9.17) is 4.74 Å². The van der Waals surface area contributed by atoms with E-state index in [1.54, 1.807) is 25.1 Å². The van der Waals surface area contributed by atoms with Gasteiger partial charge >= 0.3 is 5.97 Å². The van der Waals surface area contributed by atoms with Gasteiger partial charge in [-0.3, -0.25) is 14.4 Å². The van der Waals surface area contributed by atoms with Crippen LogP contribution in [0.5, 0.6) is 0 Å². The third-order valence-corrected chi connectivity index (χ3v) is 3.24. The lowest BCUT2D eigenvalue weighted by Gasteiger charge is -2.27. The van der Waals surface area contributed by atoms with Gasteiger partial charge in [-0.15, -0.1) is 0 Å². The Morgan fingerprint density at radius 1 is 1.41 bits per heavy atom. The van der Waals surface area contributed by atoms with Gasteiger partial charge in [0.2, 0.25) is 5.91 Å². The van der Waals surface area contributed by atoms with Gasteiger partial charge in [-0.1, -0.05) is 0 Å². The van der Waals surface area contributed by atoms with E-state index in [2.05, 4.69) is 10.6 Å². The number of carbonyl (C=O) groups is 3. The van der Waals surface area contributed by atoms with E-state index in [-0.39, 0.29) is 37.3 Å². The normalized spacial score (nSPS) is 13.2. The number of nitrogens with one attached hydrogen (secondary N) is 2. The maximum Gasteiger partial charge on any atom is 0.307 e. The highest BCUT2D eigenvalue weighted by Crippen LogP contribution is 2.29. The van der Waals surface area contributed by atoms with E-state index in [1.807, 2.05) is 11.9 Å². The fourth-order valence-corrected chi connectivity index (χ4v) is 2.21. The fraction of sp³-hybridized carbons (Fsp3) is 0.400. The van der Waals surface area contributed by atoms with E-state index in [0.29, 0.717) is 17.9 Å². The van der Waals surface area contributed by atoms with Crippen LogP contribution in [0.2, 0.25) is 0 Å². The number of ether oxygens (including phenoxy) is 1. The molecule has 0 atom stereocenters. The topological polar surface area (TPSA) is 87.7 Å². The number of carbonyl (C=O) groups excluding carboxylic acids is 3. The minimum absolute atomic E-state index is 0.116. The average Bonchev–Trinajstić information content (AvgIpc) is 2.46. The maximum absolute atomic E-state index is 12.0. The van der Waals surface area contributed by atoms with Crippen LogP contribution in [0.3, 0.4) is 0 Å². The minimum Gasteiger partial charge on any atom is -0.466 e. The first-order valence-electron chi connectivity index (χ1n) is 7.10. The SMILES string of the molecule is CCOC(=O)CCNC(=O)c1ccc2c(c1)NC(=O)CN2C. The molecule has 0 aliphatic carbocycles. The number of hydrogen-bond donors (Lipinski definition) is 2. The first-order valence-corrected chi connectivity index (χ1v) is 7.10. The van der Waals surface area contributed by atoms with Crippen LogP contribution in [-0.2, 0) is 14.3 Å². The number of anilines is 2. The van der Waals surface area contributed by atoms with Gasteiger partial charge in [0, 0.05) is 19.2 Å². The Morgan fingerprint density at radius 3 is 2.91 bits per heavy atom. The molecule has 0 aromatic heterocycles. The summed E-state index contributed by atoms with van der Waals surface area (Å²) >= 11 is 0. The number of esters is 1. The summed E-state index contributed by atoms with van der Waals surface area (Å²) < 4.78 is 4.78. The van der Waals surface area contributed by atoms with Crippen LogP contribution in [0.15, 0.2) is 18.2 Å². The Balaban J connectivity index is 1.98. The number of amides is 2. The summed E-state index contributed by atoms with van der Waals surface area (Å²) in [6, 6.07) is 5.10. The lowest BCUT2D eigenvalue weighted by atomic mass is 10.1. The zero-order valence-corrected chi connectivity index (χ0v) is 12.6. The molecule has 118 valence electrons. The van der Waals surface area contributed by atoms with Crippen molar-refractivity contribution in [3.05, 3.63) is 23.8 Å². The highest BCUT2D eigenvalue weighted by Gasteiger charge is 2.20. The minimum atomic E-state index is -0.345. The smallest absolute Gasteiger partial charge is 0.307 e. The Hall–Kier alpha value is -2.57. The van der Waals surface area contributed by atoms with E-state index in [1.165, 1.54) is 0 Å². The summed E-state index contributed by atoms with van der Waals surface area (Å²) in [5.74, 6) is -0.758. The number of rotatable bonds is 5. The summed E-state index contributed by atoms with van der Waals surface area (Å²) in [4.78, 5) is 36.6. The molecule has 1 aliphatic rings. The average molecular weight is 305 g/mol. The monoisotopic (exact) mass is 305 g/mol. The van der Waals surface area contributed by atoms with E-state index in [0.717, 1.165) is 5.69 Å². The molecule has 0 fully saturated rings. The molecule has 0 bridgehead atoms. The first-order chi connectivity index (χ1) is 10.5. The summed E-state index contributed by atoms with van der Waals surface area (Å²) in [7, 11) is 1.82. The van der Waals surface area contributed by atoms with Crippen LogP contribution in [-0.4, -0.2) is 44.5 Å². The molecule has 2 amide bonds. The van der Waals surface area contributed by atoms with Crippen molar-refractivity contribution in [3.8, 4) is 0 Å². The molecule has 2 rings (SSSR count). The standard InChI is InChI=1S/C15H19N3O4/c1-3-22-14(20)6-7-16-15(21)10-4-5-12-11(8-10)17-13(19)9-18(12)2/h4-5,8H,3,6-7,9H2,1-2H3,(H,16,21)(H,17,19). The maximum atomic E-state index is 12.0. The van der Waals surface area contributed by atoms with Crippen molar-refractivity contribution in [3.63, 3.8) is 0 Å². The van der Waals surface area contributed by atoms with Crippen LogP contribution in [0.4, 0.5) is 11.4 Å². The Bertz CT molecular complexity index is 600. The van der Waals surface area contributed by atoms with Gasteiger partial charge < -0.3 is 20.3 Å². The molecular formula is C15H19N3O4. The van der Waals surface area contributed by atoms with E-state index >= 15 is 0 Å². The van der Waals surface area contributed by atoms with Crippen LogP contribution in [0.1, 0.15) is 23.7 Å². The largest absolute Gasteiger partial charge is 0.466 e. The molecule has 0 radical (unpaired) electrons. The van der Waals surface area contributed by atoms with Crippen LogP contribution < -0.4 is 15.5 Å². The molecule has 7 nitrogen and oxygen atoms in total. The number of likely N-dealkylation sites (N-methyl/N-ethyl adjacent to an activating group) is 1. The Kier molecular flexibility index (Phi) is 4.98. The van der Waals surface area contributed by atoms with Crippen molar-refractivity contribution in [2.45, 2.75) is 13.3 Å². The molecule has 1 aromatic carbocycles. The van der Waals surface area contributed by atoms with Crippen LogP contribution in [0, 0.1) is 0 Å². The van der Waals surface area contributed by atoms with Crippen LogP contribution in [0.25, 0.3) is 0 Å². The van der Waals surface area contributed by atoms with Crippen molar-refractivity contribution >= 4 is 29.2 Å². The quantitative estimate of drug-likeness (QED) is 0.784. The van der Waals surface area contributed by atoms with E-state index < -0.39 is 0 Å². The molecule has 22 heavy (non-hydrogen) atoms. The second kappa shape index (κ2) is 6.93. The van der Waals surface area contributed by atoms with Crippen LogP contribution >= 0.6 is 0 Å². The highest BCUT2D eigenvalue weighted by atomic mass is 16.5. The molecule has 1 aliphatic heterocycles. The van der Waals surface area contributed by atoms with Gasteiger partial charge in [-0.05, 0) is 25.1 Å². The molecule has 1 aromatic rings. The van der Waals surface area contributed by atoms with Crippen molar-refractivity contribution in [2.75, 3.05) is 37.0 Å². The predicted octanol–water partition coefficient (Wildman–Crippen LogP) is 0.758. The third kappa shape index (κ3) is 3.75. The molecule has 0 unspecified atom stereocenters. The van der Waals surface area contributed by atoms with Gasteiger partial charge in [-0.2, -0.15) is 0 Å². The van der Waals surface area contributed by atoms with Gasteiger partial charge in [0.05, 0.1) is 30.9 Å². The predicted molar refractivity (Wildman–Crippen MR) is 81.9 cm³/mol. The van der Waals surface area contributed by atoms with Gasteiger partial charge in [0.25, 0.3) is 5.91 Å². The Labute approximate surface area is 128 Å². The molecular weight excluding hydrogens is 286 g/mol. The zero-order valence-electron chi connectivity index (χ0n) is 12.6. The fourth-order valence-electron chi connectivity index (χ4n) is 2.21. The summed E-state index contributed by atoms with van der Waals surface area (Å²) in [6.07, 6.45) is 0.129. The Morgan fingerprint density at radius 2 is 2.18 bits per heavy atom. The summed E-state index contributed by atoms with van der Waals surface area (Å²) in [6.45, 7) is 2.55. The first kappa shape index (κ1) is 15.8. The lowest BCUT2D eigenvalue weighted by Crippen LogP contribution is -2.35. The highest BCUT2D eigenvalue weighted by molar-refractivity contribution is 6.03. The van der Waals surface area contributed by atoms with Gasteiger partial charge in [0.1, 0.15) is 0 Å². The van der Waals surface area contributed by atoms with Crippen molar-refractivity contribution < 1.29 is 19.1 Å². The van der Waals surface area contributed by atoms with Crippen molar-refractivity contribution in [1.29, 1.82) is 0 Å². The lowest BCUT2D eigenvalue weighted by molar-refractivity contribution is -0.142. The number of benzene rings is 1. The zero-order chi connectivity index (χ0) is 16.1. The molecule has 2 N–H and O–H groups in total. The second-order valence-electron chi connectivity index (χ2n) is 4.95. The van der Waals surface area contributed by atoms with Crippen molar-refractivity contribution in [1.82, 2.24) is 5.32 Å². The summed E-state index contributed by atoms with van der Waals surface area (Å²) in [5.41, 5.74) is 1.90.